The molecular formula is C22H24N2O4. The van der Waals surface area contributed by atoms with E-state index in [0.29, 0.717) is 17.9 Å². The lowest BCUT2D eigenvalue weighted by Crippen LogP contribution is -2.45. The highest BCUT2D eigenvalue weighted by molar-refractivity contribution is 5.95. The highest BCUT2D eigenvalue weighted by Gasteiger charge is 2.32. The molecule has 1 heterocycles. The Morgan fingerprint density at radius 1 is 1.07 bits per heavy atom. The van der Waals surface area contributed by atoms with E-state index < -0.39 is 12.0 Å². The fourth-order valence-corrected chi connectivity index (χ4v) is 2.99. The summed E-state index contributed by atoms with van der Waals surface area (Å²) in [6, 6.07) is 15.9. The summed E-state index contributed by atoms with van der Waals surface area (Å²) in [6.45, 7) is 4.55. The first-order valence-electron chi connectivity index (χ1n) is 9.30. The average Bonchev–Trinajstić information content (AvgIpc) is 2.71. The molecule has 28 heavy (non-hydrogen) atoms. The van der Waals surface area contributed by atoms with E-state index in [-0.39, 0.29) is 12.6 Å². The zero-order chi connectivity index (χ0) is 19.9. The molecule has 0 aliphatic carbocycles. The smallest absolute Gasteiger partial charge is 0.338 e. The summed E-state index contributed by atoms with van der Waals surface area (Å²) in [4.78, 5) is 24.8. The molecule has 1 atom stereocenters. The molecule has 2 amide bonds. The van der Waals surface area contributed by atoms with Gasteiger partial charge < -0.3 is 20.1 Å². The van der Waals surface area contributed by atoms with E-state index >= 15 is 0 Å². The largest absolute Gasteiger partial charge is 0.494 e. The molecule has 0 spiro atoms. The Morgan fingerprint density at radius 3 is 2.46 bits per heavy atom. The lowest BCUT2D eigenvalue weighted by Gasteiger charge is -2.28. The van der Waals surface area contributed by atoms with Crippen molar-refractivity contribution in [1.82, 2.24) is 10.6 Å². The van der Waals surface area contributed by atoms with Crippen LogP contribution in [0.5, 0.6) is 5.75 Å². The Bertz CT molecular complexity index is 860. The van der Waals surface area contributed by atoms with Crippen LogP contribution in [0.1, 0.15) is 37.4 Å². The number of carbonyl (C=O) groups is 2. The predicted molar refractivity (Wildman–Crippen MR) is 106 cm³/mol. The molecule has 0 fully saturated rings. The number of urea groups is 1. The van der Waals surface area contributed by atoms with Crippen molar-refractivity contribution in [2.24, 2.45) is 0 Å². The molecule has 2 aromatic carbocycles. The van der Waals surface area contributed by atoms with Crippen molar-refractivity contribution in [3.8, 4) is 5.75 Å². The molecule has 1 aliphatic heterocycles. The Kier molecular flexibility index (Phi) is 6.32. The fraction of sp³-hybridized carbons (Fsp3) is 0.273. The summed E-state index contributed by atoms with van der Waals surface area (Å²) in [5, 5.41) is 5.46. The van der Waals surface area contributed by atoms with E-state index in [2.05, 4.69) is 10.6 Å². The van der Waals surface area contributed by atoms with E-state index in [1.165, 1.54) is 0 Å². The number of hydrogen-bond acceptors (Lipinski definition) is 4. The molecule has 0 saturated heterocycles. The maximum atomic E-state index is 12.8. The van der Waals surface area contributed by atoms with Crippen molar-refractivity contribution in [2.75, 3.05) is 6.61 Å². The summed E-state index contributed by atoms with van der Waals surface area (Å²) in [5.74, 6) is 0.282. The molecule has 6 nitrogen and oxygen atoms in total. The van der Waals surface area contributed by atoms with Gasteiger partial charge in [-0.15, -0.1) is 0 Å². The van der Waals surface area contributed by atoms with Crippen molar-refractivity contribution in [3.05, 3.63) is 77.0 Å². The van der Waals surface area contributed by atoms with Crippen molar-refractivity contribution < 1.29 is 19.1 Å². The maximum Gasteiger partial charge on any atom is 0.338 e. The van der Waals surface area contributed by atoms with Gasteiger partial charge in [0.1, 0.15) is 12.4 Å². The monoisotopic (exact) mass is 380 g/mol. The number of allylic oxidation sites excluding steroid dienone is 1. The highest BCUT2D eigenvalue weighted by atomic mass is 16.5. The minimum Gasteiger partial charge on any atom is -0.494 e. The minimum atomic E-state index is -0.586. The van der Waals surface area contributed by atoms with Crippen molar-refractivity contribution >= 4 is 12.0 Å². The third-order valence-corrected chi connectivity index (χ3v) is 4.39. The first-order valence-corrected chi connectivity index (χ1v) is 9.30. The first-order chi connectivity index (χ1) is 13.6. The van der Waals surface area contributed by atoms with Crippen LogP contribution >= 0.6 is 0 Å². The zero-order valence-corrected chi connectivity index (χ0v) is 16.0. The average molecular weight is 380 g/mol. The minimum absolute atomic E-state index is 0.168. The zero-order valence-electron chi connectivity index (χ0n) is 16.0. The maximum absolute atomic E-state index is 12.8. The molecule has 3 rings (SSSR count). The summed E-state index contributed by atoms with van der Waals surface area (Å²) in [7, 11) is 0. The second-order valence-corrected chi connectivity index (χ2v) is 6.55. The van der Waals surface area contributed by atoms with Gasteiger partial charge in [-0.1, -0.05) is 49.4 Å². The van der Waals surface area contributed by atoms with Crippen molar-refractivity contribution in [2.45, 2.75) is 32.9 Å². The Hall–Kier alpha value is -3.28. The number of benzene rings is 2. The van der Waals surface area contributed by atoms with Crippen molar-refractivity contribution in [3.63, 3.8) is 0 Å². The van der Waals surface area contributed by atoms with Crippen LogP contribution < -0.4 is 15.4 Å². The molecule has 2 N–H and O–H groups in total. The van der Waals surface area contributed by atoms with E-state index in [0.717, 1.165) is 23.3 Å². The number of rotatable bonds is 7. The van der Waals surface area contributed by atoms with E-state index in [9.17, 15) is 9.59 Å². The van der Waals surface area contributed by atoms with Gasteiger partial charge >= 0.3 is 12.0 Å². The highest BCUT2D eigenvalue weighted by Crippen LogP contribution is 2.29. The van der Waals surface area contributed by atoms with Gasteiger partial charge in [-0.05, 0) is 36.6 Å². The third kappa shape index (κ3) is 4.71. The molecule has 0 bridgehead atoms. The van der Waals surface area contributed by atoms with Crippen LogP contribution in [0.2, 0.25) is 0 Å². The molecule has 146 valence electrons. The Balaban J connectivity index is 1.79. The lowest BCUT2D eigenvalue weighted by molar-refractivity contribution is -0.140. The summed E-state index contributed by atoms with van der Waals surface area (Å²) in [6.07, 6.45) is 0.922. The molecular weight excluding hydrogens is 356 g/mol. The molecule has 0 aromatic heterocycles. The van der Waals surface area contributed by atoms with Gasteiger partial charge in [0, 0.05) is 5.70 Å². The second-order valence-electron chi connectivity index (χ2n) is 6.55. The summed E-state index contributed by atoms with van der Waals surface area (Å²) >= 11 is 0. The van der Waals surface area contributed by atoms with E-state index in [1.54, 1.807) is 6.92 Å². The van der Waals surface area contributed by atoms with Gasteiger partial charge in [0.15, 0.2) is 0 Å². The third-order valence-electron chi connectivity index (χ3n) is 4.39. The van der Waals surface area contributed by atoms with Gasteiger partial charge in [-0.3, -0.25) is 0 Å². The van der Waals surface area contributed by atoms with E-state index in [4.69, 9.17) is 9.47 Å². The fourth-order valence-electron chi connectivity index (χ4n) is 2.99. The predicted octanol–water partition coefficient (Wildman–Crippen LogP) is 3.85. The number of esters is 1. The Labute approximate surface area is 164 Å². The van der Waals surface area contributed by atoms with Crippen LogP contribution in [0.25, 0.3) is 0 Å². The quantitative estimate of drug-likeness (QED) is 0.716. The number of hydrogen-bond donors (Lipinski definition) is 2. The van der Waals surface area contributed by atoms with Crippen LogP contribution in [-0.4, -0.2) is 18.6 Å². The molecule has 0 unspecified atom stereocenters. The molecule has 6 heteroatoms. The summed E-state index contributed by atoms with van der Waals surface area (Å²) < 4.78 is 11.1. The summed E-state index contributed by atoms with van der Waals surface area (Å²) in [5.41, 5.74) is 2.55. The lowest BCUT2D eigenvalue weighted by atomic mass is 9.95. The SMILES string of the molecule is CCCOc1ccc([C@@H]2NC(=O)NC(C)=C2C(=O)OCc2ccccc2)cc1. The standard InChI is InChI=1S/C22H24N2O4/c1-3-13-27-18-11-9-17(10-12-18)20-19(15(2)23-22(26)24-20)21(25)28-14-16-7-5-4-6-8-16/h4-12,20H,3,13-14H2,1-2H3,(H2,23,24,26)/t20-/m0/s1. The van der Waals surface area contributed by atoms with Gasteiger partial charge in [0.25, 0.3) is 0 Å². The number of carbonyl (C=O) groups excluding carboxylic acids is 2. The van der Waals surface area contributed by atoms with Crippen LogP contribution in [0.4, 0.5) is 4.79 Å². The first kappa shape index (κ1) is 19.5. The van der Waals surface area contributed by atoms with Gasteiger partial charge in [0.05, 0.1) is 18.2 Å². The Morgan fingerprint density at radius 2 is 1.79 bits per heavy atom. The molecule has 0 saturated carbocycles. The van der Waals surface area contributed by atoms with Crippen LogP contribution in [-0.2, 0) is 16.1 Å². The van der Waals surface area contributed by atoms with Gasteiger partial charge in [0.2, 0.25) is 0 Å². The number of nitrogens with one attached hydrogen (secondary N) is 2. The molecule has 1 aliphatic rings. The van der Waals surface area contributed by atoms with Gasteiger partial charge in [-0.2, -0.15) is 0 Å². The number of amides is 2. The van der Waals surface area contributed by atoms with Crippen LogP contribution in [0.3, 0.4) is 0 Å². The molecule has 0 radical (unpaired) electrons. The molecule has 2 aromatic rings. The van der Waals surface area contributed by atoms with Gasteiger partial charge in [-0.25, -0.2) is 9.59 Å². The second kappa shape index (κ2) is 9.08. The van der Waals surface area contributed by atoms with Crippen LogP contribution in [0, 0.1) is 0 Å². The van der Waals surface area contributed by atoms with E-state index in [1.807, 2.05) is 61.5 Å². The van der Waals surface area contributed by atoms with Crippen LogP contribution in [0.15, 0.2) is 65.9 Å². The van der Waals surface area contributed by atoms with Crippen molar-refractivity contribution in [1.29, 1.82) is 0 Å². The number of ether oxygens (including phenoxy) is 2. The normalized spacial score (nSPS) is 16.2. The topological polar surface area (TPSA) is 76.7 Å².